The predicted molar refractivity (Wildman–Crippen MR) is 106 cm³/mol. The largest absolute Gasteiger partial charge is 0.388 e. The standard InChI is InChI=1S/C22H30N2O2/c1-16(2)5-10-21(25)24-13-11-22(12-14-24)15-20(23-26-22)19-8-6-18(7-9-19)17(3)4/h6-9,16H,3,5,10-15H2,1-2,4H3. The van der Waals surface area contributed by atoms with Gasteiger partial charge in [0.05, 0.1) is 5.71 Å². The monoisotopic (exact) mass is 354 g/mol. The number of allylic oxidation sites excluding steroid dienone is 1. The first kappa shape index (κ1) is 18.7. The molecular weight excluding hydrogens is 324 g/mol. The number of piperidine rings is 1. The van der Waals surface area contributed by atoms with Crippen LogP contribution in [0.5, 0.6) is 0 Å². The molecule has 4 nitrogen and oxygen atoms in total. The van der Waals surface area contributed by atoms with E-state index in [-0.39, 0.29) is 11.5 Å². The van der Waals surface area contributed by atoms with Crippen molar-refractivity contribution in [2.45, 2.75) is 58.5 Å². The van der Waals surface area contributed by atoms with Crippen molar-refractivity contribution in [3.05, 3.63) is 42.0 Å². The number of carbonyl (C=O) groups is 1. The first-order chi connectivity index (χ1) is 12.4. The van der Waals surface area contributed by atoms with Gasteiger partial charge in [-0.25, -0.2) is 0 Å². The van der Waals surface area contributed by atoms with Gasteiger partial charge in [0.1, 0.15) is 5.60 Å². The van der Waals surface area contributed by atoms with Crippen LogP contribution in [0.4, 0.5) is 0 Å². The Labute approximate surface area is 156 Å². The minimum atomic E-state index is -0.225. The third-order valence-electron chi connectivity index (χ3n) is 5.51. The summed E-state index contributed by atoms with van der Waals surface area (Å²) in [6, 6.07) is 8.36. The Morgan fingerprint density at radius 3 is 2.50 bits per heavy atom. The number of likely N-dealkylation sites (tertiary alicyclic amines) is 1. The maximum absolute atomic E-state index is 12.3. The average molecular weight is 354 g/mol. The summed E-state index contributed by atoms with van der Waals surface area (Å²) in [6.07, 6.45) is 4.16. The zero-order valence-electron chi connectivity index (χ0n) is 16.3. The van der Waals surface area contributed by atoms with Crippen molar-refractivity contribution >= 4 is 17.2 Å². The summed E-state index contributed by atoms with van der Waals surface area (Å²) in [4.78, 5) is 20.2. The Bertz CT molecular complexity index is 695. The number of rotatable bonds is 5. The van der Waals surface area contributed by atoms with Gasteiger partial charge in [-0.05, 0) is 30.4 Å². The van der Waals surface area contributed by atoms with Crippen LogP contribution < -0.4 is 0 Å². The van der Waals surface area contributed by atoms with E-state index in [1.807, 2.05) is 11.8 Å². The second kappa shape index (κ2) is 7.65. The molecule has 0 aliphatic carbocycles. The third-order valence-corrected chi connectivity index (χ3v) is 5.51. The Morgan fingerprint density at radius 2 is 1.92 bits per heavy atom. The van der Waals surface area contributed by atoms with Gasteiger partial charge >= 0.3 is 0 Å². The number of hydrogen-bond donors (Lipinski definition) is 0. The highest BCUT2D eigenvalue weighted by Gasteiger charge is 2.43. The number of amides is 1. The van der Waals surface area contributed by atoms with E-state index in [1.165, 1.54) is 0 Å². The van der Waals surface area contributed by atoms with Gasteiger partial charge in [0.15, 0.2) is 0 Å². The van der Waals surface area contributed by atoms with Crippen LogP contribution in [0.1, 0.15) is 64.0 Å². The molecule has 1 spiro atoms. The van der Waals surface area contributed by atoms with Crippen LogP contribution in [0.15, 0.2) is 36.0 Å². The number of carbonyl (C=O) groups excluding carboxylic acids is 1. The molecule has 0 unspecified atom stereocenters. The fourth-order valence-corrected chi connectivity index (χ4v) is 3.63. The summed E-state index contributed by atoms with van der Waals surface area (Å²) in [7, 11) is 0. The summed E-state index contributed by atoms with van der Waals surface area (Å²) in [5.41, 5.74) is 4.11. The second-order valence-corrected chi connectivity index (χ2v) is 8.16. The minimum Gasteiger partial charge on any atom is -0.388 e. The molecule has 0 radical (unpaired) electrons. The van der Waals surface area contributed by atoms with Crippen LogP contribution in [-0.2, 0) is 9.63 Å². The van der Waals surface area contributed by atoms with Crippen molar-refractivity contribution in [1.29, 1.82) is 0 Å². The highest BCUT2D eigenvalue weighted by molar-refractivity contribution is 6.01. The van der Waals surface area contributed by atoms with Gasteiger partial charge in [-0.2, -0.15) is 0 Å². The van der Waals surface area contributed by atoms with Crippen LogP contribution in [0.2, 0.25) is 0 Å². The lowest BCUT2D eigenvalue weighted by Crippen LogP contribution is -2.46. The Morgan fingerprint density at radius 1 is 1.27 bits per heavy atom. The zero-order valence-corrected chi connectivity index (χ0v) is 16.3. The van der Waals surface area contributed by atoms with Crippen molar-refractivity contribution in [2.24, 2.45) is 11.1 Å². The predicted octanol–water partition coefficient (Wildman–Crippen LogP) is 4.64. The molecule has 0 bridgehead atoms. The lowest BCUT2D eigenvalue weighted by Gasteiger charge is -2.37. The maximum Gasteiger partial charge on any atom is 0.222 e. The lowest BCUT2D eigenvalue weighted by atomic mass is 9.85. The molecule has 3 rings (SSSR count). The van der Waals surface area contributed by atoms with Gasteiger partial charge in [-0.3, -0.25) is 4.79 Å². The molecule has 1 aromatic rings. The van der Waals surface area contributed by atoms with Crippen LogP contribution >= 0.6 is 0 Å². The van der Waals surface area contributed by atoms with Crippen LogP contribution in [0.3, 0.4) is 0 Å². The Balaban J connectivity index is 1.55. The van der Waals surface area contributed by atoms with Crippen molar-refractivity contribution in [2.75, 3.05) is 13.1 Å². The van der Waals surface area contributed by atoms with E-state index < -0.39 is 0 Å². The van der Waals surface area contributed by atoms with Crippen molar-refractivity contribution in [1.82, 2.24) is 4.90 Å². The van der Waals surface area contributed by atoms with Crippen molar-refractivity contribution in [3.8, 4) is 0 Å². The fraction of sp³-hybridized carbons (Fsp3) is 0.545. The topological polar surface area (TPSA) is 41.9 Å². The van der Waals surface area contributed by atoms with Gasteiger partial charge in [0.2, 0.25) is 5.91 Å². The molecule has 1 amide bonds. The Hall–Kier alpha value is -2.10. The molecule has 2 heterocycles. The Kier molecular flexibility index (Phi) is 5.49. The molecule has 2 aliphatic rings. The van der Waals surface area contributed by atoms with Crippen LogP contribution in [-0.4, -0.2) is 35.2 Å². The van der Waals surface area contributed by atoms with E-state index in [9.17, 15) is 4.79 Å². The molecule has 2 aliphatic heterocycles. The average Bonchev–Trinajstić information content (AvgIpc) is 3.04. The fourth-order valence-electron chi connectivity index (χ4n) is 3.63. The molecule has 1 saturated heterocycles. The molecule has 1 aromatic carbocycles. The van der Waals surface area contributed by atoms with E-state index in [0.717, 1.165) is 61.2 Å². The molecular formula is C22H30N2O2. The second-order valence-electron chi connectivity index (χ2n) is 8.16. The molecule has 0 saturated carbocycles. The molecule has 4 heteroatoms. The third kappa shape index (κ3) is 4.17. The quantitative estimate of drug-likeness (QED) is 0.773. The molecule has 1 fully saturated rings. The van der Waals surface area contributed by atoms with E-state index in [4.69, 9.17) is 4.84 Å². The number of benzene rings is 1. The zero-order chi connectivity index (χ0) is 18.7. The van der Waals surface area contributed by atoms with Crippen LogP contribution in [0.25, 0.3) is 5.57 Å². The van der Waals surface area contributed by atoms with E-state index in [1.54, 1.807) is 0 Å². The minimum absolute atomic E-state index is 0.225. The summed E-state index contributed by atoms with van der Waals surface area (Å²) in [5, 5.41) is 4.38. The first-order valence-electron chi connectivity index (χ1n) is 9.68. The molecule has 140 valence electrons. The molecule has 0 N–H and O–H groups in total. The van der Waals surface area contributed by atoms with Crippen molar-refractivity contribution < 1.29 is 9.63 Å². The summed E-state index contributed by atoms with van der Waals surface area (Å²) < 4.78 is 0. The van der Waals surface area contributed by atoms with E-state index in [2.05, 4.69) is 49.8 Å². The van der Waals surface area contributed by atoms with Crippen molar-refractivity contribution in [3.63, 3.8) is 0 Å². The lowest BCUT2D eigenvalue weighted by molar-refractivity contribution is -0.137. The molecule has 26 heavy (non-hydrogen) atoms. The SMILES string of the molecule is C=C(C)c1ccc(C2=NOC3(CCN(C(=O)CCC(C)C)CC3)C2)cc1. The van der Waals surface area contributed by atoms with E-state index in [0.29, 0.717) is 12.3 Å². The van der Waals surface area contributed by atoms with Gasteiger partial charge in [0.25, 0.3) is 0 Å². The highest BCUT2D eigenvalue weighted by Crippen LogP contribution is 2.36. The number of nitrogens with zero attached hydrogens (tertiary/aromatic N) is 2. The van der Waals surface area contributed by atoms with Gasteiger partial charge in [-0.1, -0.05) is 55.4 Å². The van der Waals surface area contributed by atoms with E-state index >= 15 is 0 Å². The first-order valence-corrected chi connectivity index (χ1v) is 9.68. The van der Waals surface area contributed by atoms with Gasteiger partial charge in [0, 0.05) is 38.8 Å². The molecule has 0 atom stereocenters. The summed E-state index contributed by atoms with van der Waals surface area (Å²) >= 11 is 0. The molecule has 0 aromatic heterocycles. The maximum atomic E-state index is 12.3. The smallest absolute Gasteiger partial charge is 0.222 e. The number of hydrogen-bond acceptors (Lipinski definition) is 3. The van der Waals surface area contributed by atoms with Gasteiger partial charge < -0.3 is 9.74 Å². The summed E-state index contributed by atoms with van der Waals surface area (Å²) in [5.74, 6) is 0.851. The highest BCUT2D eigenvalue weighted by atomic mass is 16.7. The normalized spacial score (nSPS) is 18.8. The number of oxime groups is 1. The van der Waals surface area contributed by atoms with Crippen LogP contribution in [0, 0.1) is 5.92 Å². The summed E-state index contributed by atoms with van der Waals surface area (Å²) in [6.45, 7) is 11.9. The van der Waals surface area contributed by atoms with Gasteiger partial charge in [-0.15, -0.1) is 0 Å².